The highest BCUT2D eigenvalue weighted by atomic mass is 32.2. The fourth-order valence-corrected chi connectivity index (χ4v) is 5.04. The van der Waals surface area contributed by atoms with Gasteiger partial charge in [0.2, 0.25) is 0 Å². The molecule has 1 aliphatic carbocycles. The fourth-order valence-electron chi connectivity index (χ4n) is 3.81. The summed E-state index contributed by atoms with van der Waals surface area (Å²) >= 11 is 0. The van der Waals surface area contributed by atoms with Crippen molar-refractivity contribution in [2.45, 2.75) is 30.1 Å². The second-order valence-corrected chi connectivity index (χ2v) is 8.86. The van der Waals surface area contributed by atoms with E-state index in [9.17, 15) is 8.42 Å². The Bertz CT molecular complexity index is 1020. The minimum Gasteiger partial charge on any atom is -0.355 e. The average molecular weight is 383 g/mol. The summed E-state index contributed by atoms with van der Waals surface area (Å²) < 4.78 is 28.8. The highest BCUT2D eigenvalue weighted by Gasteiger charge is 2.32. The summed E-state index contributed by atoms with van der Waals surface area (Å²) in [6.07, 6.45) is 5.02. The molecule has 0 spiro atoms. The van der Waals surface area contributed by atoms with Gasteiger partial charge in [0.1, 0.15) is 17.0 Å². The summed E-state index contributed by atoms with van der Waals surface area (Å²) in [6, 6.07) is 9.19. The quantitative estimate of drug-likeness (QED) is 0.789. The smallest absolute Gasteiger partial charge is 0.285 e. The minimum absolute atomic E-state index is 0.311. The first kappa shape index (κ1) is 16.7. The van der Waals surface area contributed by atoms with Gasteiger partial charge in [-0.15, -0.1) is 4.40 Å². The van der Waals surface area contributed by atoms with Crippen LogP contribution in [-0.2, 0) is 10.0 Å². The van der Waals surface area contributed by atoms with Crippen LogP contribution in [0.4, 0.5) is 5.82 Å². The van der Waals surface area contributed by atoms with Gasteiger partial charge in [0.25, 0.3) is 10.0 Å². The molecule has 3 aliphatic rings. The van der Waals surface area contributed by atoms with Crippen molar-refractivity contribution in [3.8, 4) is 0 Å². The lowest BCUT2D eigenvalue weighted by Crippen LogP contribution is -2.35. The zero-order valence-electron chi connectivity index (χ0n) is 15.0. The van der Waals surface area contributed by atoms with Crippen molar-refractivity contribution >= 4 is 21.7 Å². The van der Waals surface area contributed by atoms with E-state index < -0.39 is 10.0 Å². The topological polar surface area (TPSA) is 78.8 Å². The van der Waals surface area contributed by atoms with Crippen LogP contribution in [0.15, 0.2) is 46.0 Å². The summed E-state index contributed by atoms with van der Waals surface area (Å²) in [4.78, 5) is 13.5. The first-order valence-electron chi connectivity index (χ1n) is 9.38. The van der Waals surface area contributed by atoms with E-state index in [0.29, 0.717) is 28.8 Å². The number of nitrogens with zero attached hydrogens (tertiary/aromatic N) is 5. The number of hydrogen-bond acceptors (Lipinski definition) is 6. The van der Waals surface area contributed by atoms with E-state index in [1.54, 1.807) is 18.5 Å². The van der Waals surface area contributed by atoms with Crippen molar-refractivity contribution in [2.75, 3.05) is 31.1 Å². The molecule has 1 aromatic carbocycles. The normalized spacial score (nSPS) is 21.6. The van der Waals surface area contributed by atoms with E-state index >= 15 is 0 Å². The highest BCUT2D eigenvalue weighted by molar-refractivity contribution is 7.90. The Kier molecular flexibility index (Phi) is 3.89. The molecule has 0 bridgehead atoms. The van der Waals surface area contributed by atoms with Gasteiger partial charge in [-0.1, -0.05) is 12.1 Å². The molecule has 1 saturated heterocycles. The monoisotopic (exact) mass is 383 g/mol. The van der Waals surface area contributed by atoms with Gasteiger partial charge < -0.3 is 9.80 Å². The lowest BCUT2D eigenvalue weighted by Gasteiger charge is -2.24. The van der Waals surface area contributed by atoms with E-state index in [2.05, 4.69) is 30.2 Å². The summed E-state index contributed by atoms with van der Waals surface area (Å²) in [5.74, 6) is 2.15. The third kappa shape index (κ3) is 3.07. The largest absolute Gasteiger partial charge is 0.355 e. The van der Waals surface area contributed by atoms with Crippen LogP contribution in [0.1, 0.15) is 36.4 Å². The third-order valence-corrected chi connectivity index (χ3v) is 6.73. The molecule has 1 aromatic heterocycles. The molecule has 0 amide bonds. The van der Waals surface area contributed by atoms with E-state index in [1.165, 1.54) is 12.8 Å². The Morgan fingerprint density at radius 3 is 2.59 bits per heavy atom. The molecule has 27 heavy (non-hydrogen) atoms. The van der Waals surface area contributed by atoms with Crippen LogP contribution in [0.5, 0.6) is 0 Å². The zero-order valence-corrected chi connectivity index (χ0v) is 15.8. The van der Waals surface area contributed by atoms with Crippen molar-refractivity contribution in [3.05, 3.63) is 47.9 Å². The summed E-state index contributed by atoms with van der Waals surface area (Å²) in [5.41, 5.74) is 1.85. The Morgan fingerprint density at radius 2 is 1.74 bits per heavy atom. The number of sulfonamides is 1. The molecule has 2 aromatic rings. The third-order valence-electron chi connectivity index (χ3n) is 5.40. The van der Waals surface area contributed by atoms with Gasteiger partial charge >= 0.3 is 0 Å². The lowest BCUT2D eigenvalue weighted by molar-refractivity contribution is 0.449. The van der Waals surface area contributed by atoms with Crippen LogP contribution >= 0.6 is 0 Å². The number of benzene rings is 1. The summed E-state index contributed by atoms with van der Waals surface area (Å²) in [5, 5.41) is 0. The van der Waals surface area contributed by atoms with E-state index in [-0.39, 0.29) is 0 Å². The van der Waals surface area contributed by atoms with Gasteiger partial charge in [-0.25, -0.2) is 9.97 Å². The molecule has 7 nitrogen and oxygen atoms in total. The lowest BCUT2D eigenvalue weighted by atomic mass is 10.2. The zero-order chi connectivity index (χ0) is 18.4. The molecule has 140 valence electrons. The molecule has 0 atom stereocenters. The van der Waals surface area contributed by atoms with Crippen LogP contribution in [0.25, 0.3) is 0 Å². The maximum Gasteiger partial charge on any atom is 0.285 e. The molecule has 3 heterocycles. The average Bonchev–Trinajstić information content (AvgIpc) is 3.51. The van der Waals surface area contributed by atoms with Gasteiger partial charge in [0, 0.05) is 49.4 Å². The maximum absolute atomic E-state index is 12.3. The van der Waals surface area contributed by atoms with Crippen molar-refractivity contribution in [1.29, 1.82) is 0 Å². The van der Waals surface area contributed by atoms with Crippen LogP contribution in [0.3, 0.4) is 0 Å². The fraction of sp³-hybridized carbons (Fsp3) is 0.421. The first-order chi connectivity index (χ1) is 13.1. The van der Waals surface area contributed by atoms with E-state index in [4.69, 9.17) is 0 Å². The van der Waals surface area contributed by atoms with Crippen LogP contribution in [-0.4, -0.2) is 55.3 Å². The SMILES string of the molecule is O=S1(=O)N=C(N2CCCN(c3cc(C4CC4)ncn3)CC2)c2ccccc21. The molecule has 2 aliphatic heterocycles. The van der Waals surface area contributed by atoms with Crippen molar-refractivity contribution in [1.82, 2.24) is 14.9 Å². The van der Waals surface area contributed by atoms with E-state index in [0.717, 1.165) is 37.6 Å². The number of amidine groups is 1. The number of hydrogen-bond donors (Lipinski definition) is 0. The van der Waals surface area contributed by atoms with Gasteiger partial charge in [0.05, 0.1) is 0 Å². The molecule has 0 N–H and O–H groups in total. The molecular weight excluding hydrogens is 362 g/mol. The van der Waals surface area contributed by atoms with Gasteiger partial charge in [0.15, 0.2) is 5.84 Å². The van der Waals surface area contributed by atoms with Gasteiger partial charge in [-0.2, -0.15) is 8.42 Å². The van der Waals surface area contributed by atoms with Crippen molar-refractivity contribution in [2.24, 2.45) is 4.40 Å². The predicted octanol–water partition coefficient (Wildman–Crippen LogP) is 2.02. The van der Waals surface area contributed by atoms with Crippen molar-refractivity contribution < 1.29 is 8.42 Å². The molecule has 0 unspecified atom stereocenters. The Labute approximate surface area is 158 Å². The van der Waals surface area contributed by atoms with Gasteiger partial charge in [-0.05, 0) is 31.4 Å². The predicted molar refractivity (Wildman–Crippen MR) is 103 cm³/mol. The molecule has 1 saturated carbocycles. The molecule has 8 heteroatoms. The minimum atomic E-state index is -3.58. The summed E-state index contributed by atoms with van der Waals surface area (Å²) in [7, 11) is -3.58. The maximum atomic E-state index is 12.3. The molecule has 5 rings (SSSR count). The van der Waals surface area contributed by atoms with Crippen LogP contribution < -0.4 is 4.90 Å². The molecule has 2 fully saturated rings. The van der Waals surface area contributed by atoms with Crippen LogP contribution in [0, 0.1) is 0 Å². The van der Waals surface area contributed by atoms with Crippen LogP contribution in [0.2, 0.25) is 0 Å². The highest BCUT2D eigenvalue weighted by Crippen LogP contribution is 2.39. The Hall–Kier alpha value is -2.48. The second kappa shape index (κ2) is 6.30. The molecule has 0 radical (unpaired) electrons. The Morgan fingerprint density at radius 1 is 0.963 bits per heavy atom. The second-order valence-electron chi connectivity index (χ2n) is 7.29. The standard InChI is InChI=1S/C19H21N5O2S/c25-27(26)17-5-2-1-4-15(17)19(22-27)24-9-3-8-23(10-11-24)18-12-16(14-6-7-14)20-13-21-18/h1-2,4-5,12-14H,3,6-11H2. The molecular formula is C19H21N5O2S. The number of fused-ring (bicyclic) bond motifs is 1. The Balaban J connectivity index is 1.37. The van der Waals surface area contributed by atoms with Gasteiger partial charge in [-0.3, -0.25) is 0 Å². The number of rotatable bonds is 2. The number of aromatic nitrogens is 2. The van der Waals surface area contributed by atoms with Crippen molar-refractivity contribution in [3.63, 3.8) is 0 Å². The number of anilines is 1. The first-order valence-corrected chi connectivity index (χ1v) is 10.8. The van der Waals surface area contributed by atoms with E-state index in [1.807, 2.05) is 12.1 Å². The summed E-state index contributed by atoms with van der Waals surface area (Å²) in [6.45, 7) is 3.16.